The van der Waals surface area contributed by atoms with Crippen LogP contribution in [0.4, 0.5) is 0 Å². The summed E-state index contributed by atoms with van der Waals surface area (Å²) in [5.74, 6) is 0. The van der Waals surface area contributed by atoms with Gasteiger partial charge in [0.05, 0.1) is 5.52 Å². The van der Waals surface area contributed by atoms with Crippen LogP contribution in [0.2, 0.25) is 0 Å². The van der Waals surface area contributed by atoms with Gasteiger partial charge in [0.2, 0.25) is 0 Å². The molecule has 8 aromatic rings. The number of nitrogens with zero attached hydrogens (tertiary/aromatic N) is 1. The summed E-state index contributed by atoms with van der Waals surface area (Å²) in [4.78, 5) is 4.87. The largest absolute Gasteiger partial charge is 0.256 e. The monoisotopic (exact) mass is 611 g/mol. The van der Waals surface area contributed by atoms with Crippen molar-refractivity contribution in [3.8, 4) is 44.5 Å². The quantitative estimate of drug-likeness (QED) is 0.176. The Morgan fingerprint density at radius 1 is 0.417 bits per heavy atom. The molecular formula is C47H33N. The van der Waals surface area contributed by atoms with Crippen LogP contribution >= 0.6 is 0 Å². The Labute approximate surface area is 281 Å². The molecule has 0 spiro atoms. The second-order valence-electron chi connectivity index (χ2n) is 12.7. The van der Waals surface area contributed by atoms with Gasteiger partial charge in [-0.15, -0.1) is 0 Å². The molecule has 0 unspecified atom stereocenters. The van der Waals surface area contributed by atoms with Gasteiger partial charge in [-0.2, -0.15) is 0 Å². The van der Waals surface area contributed by atoms with E-state index in [1.807, 2.05) is 12.3 Å². The van der Waals surface area contributed by atoms with Crippen LogP contribution < -0.4 is 0 Å². The Kier molecular flexibility index (Phi) is 7.02. The van der Waals surface area contributed by atoms with Crippen molar-refractivity contribution >= 4 is 38.0 Å². The summed E-state index contributed by atoms with van der Waals surface area (Å²) in [6, 6.07) is 55.6. The number of allylic oxidation sites excluding steroid dienone is 4. The third-order valence-corrected chi connectivity index (χ3v) is 9.71. The van der Waals surface area contributed by atoms with Crippen LogP contribution in [0, 0.1) is 0 Å². The molecule has 1 aliphatic carbocycles. The first-order valence-corrected chi connectivity index (χ1v) is 16.8. The molecule has 0 atom stereocenters. The molecule has 226 valence electrons. The Hall–Kier alpha value is -6.05. The number of hydrogen-bond acceptors (Lipinski definition) is 1. The Morgan fingerprint density at radius 2 is 1.04 bits per heavy atom. The molecule has 0 aliphatic heterocycles. The van der Waals surface area contributed by atoms with E-state index >= 15 is 0 Å². The fourth-order valence-electron chi connectivity index (χ4n) is 7.36. The summed E-state index contributed by atoms with van der Waals surface area (Å²) in [5, 5.41) is 6.20. The topological polar surface area (TPSA) is 12.9 Å². The summed E-state index contributed by atoms with van der Waals surface area (Å²) >= 11 is 0. The fraction of sp³-hybridized carbons (Fsp3) is 0.0426. The molecule has 0 saturated heterocycles. The predicted molar refractivity (Wildman–Crippen MR) is 205 cm³/mol. The molecule has 0 bridgehead atoms. The maximum absolute atomic E-state index is 4.87. The molecule has 0 fully saturated rings. The molecule has 9 rings (SSSR count). The molecule has 1 nitrogen and oxygen atoms in total. The zero-order chi connectivity index (χ0) is 31.9. The van der Waals surface area contributed by atoms with Crippen LogP contribution in [0.15, 0.2) is 176 Å². The molecule has 1 aromatic heterocycles. The molecule has 0 N–H and O–H groups in total. The van der Waals surface area contributed by atoms with E-state index in [0.717, 1.165) is 34.9 Å². The van der Waals surface area contributed by atoms with Gasteiger partial charge in [0.15, 0.2) is 0 Å². The number of para-hydroxylation sites is 1. The lowest BCUT2D eigenvalue weighted by Gasteiger charge is -2.17. The maximum atomic E-state index is 4.87. The van der Waals surface area contributed by atoms with Gasteiger partial charge < -0.3 is 0 Å². The van der Waals surface area contributed by atoms with E-state index in [1.165, 1.54) is 66.1 Å². The molecule has 0 radical (unpaired) electrons. The van der Waals surface area contributed by atoms with E-state index < -0.39 is 0 Å². The molecule has 7 aromatic carbocycles. The van der Waals surface area contributed by atoms with Crippen LogP contribution in [0.1, 0.15) is 18.4 Å². The van der Waals surface area contributed by atoms with E-state index in [1.54, 1.807) is 0 Å². The number of aromatic nitrogens is 1. The summed E-state index contributed by atoms with van der Waals surface area (Å²) < 4.78 is 0. The Morgan fingerprint density at radius 3 is 1.85 bits per heavy atom. The molecule has 1 heterocycles. The normalized spacial score (nSPS) is 12.9. The van der Waals surface area contributed by atoms with Crippen molar-refractivity contribution in [1.82, 2.24) is 4.98 Å². The number of fused-ring (bicyclic) bond motifs is 4. The van der Waals surface area contributed by atoms with Gasteiger partial charge >= 0.3 is 0 Å². The Bertz CT molecular complexity index is 2550. The zero-order valence-electron chi connectivity index (χ0n) is 26.6. The predicted octanol–water partition coefficient (Wildman–Crippen LogP) is 12.9. The minimum atomic E-state index is 1.02. The van der Waals surface area contributed by atoms with Crippen molar-refractivity contribution in [1.29, 1.82) is 0 Å². The molecule has 1 aliphatic rings. The maximum Gasteiger partial charge on any atom is 0.0780 e. The van der Waals surface area contributed by atoms with E-state index in [9.17, 15) is 0 Å². The highest BCUT2D eigenvalue weighted by Gasteiger charge is 2.16. The highest BCUT2D eigenvalue weighted by molar-refractivity contribution is 6.14. The smallest absolute Gasteiger partial charge is 0.0780 e. The average molecular weight is 612 g/mol. The lowest BCUT2D eigenvalue weighted by Crippen LogP contribution is -1.93. The van der Waals surface area contributed by atoms with Crippen LogP contribution in [0.25, 0.3) is 82.5 Å². The minimum absolute atomic E-state index is 1.02. The molecule has 48 heavy (non-hydrogen) atoms. The van der Waals surface area contributed by atoms with Crippen molar-refractivity contribution in [3.63, 3.8) is 0 Å². The highest BCUT2D eigenvalue weighted by Crippen LogP contribution is 2.41. The van der Waals surface area contributed by atoms with E-state index in [0.29, 0.717) is 0 Å². The highest BCUT2D eigenvalue weighted by atomic mass is 14.6. The van der Waals surface area contributed by atoms with Gasteiger partial charge in [0.25, 0.3) is 0 Å². The van der Waals surface area contributed by atoms with Gasteiger partial charge in [-0.05, 0) is 133 Å². The van der Waals surface area contributed by atoms with E-state index in [4.69, 9.17) is 4.98 Å². The van der Waals surface area contributed by atoms with Gasteiger partial charge in [-0.3, -0.25) is 4.98 Å². The van der Waals surface area contributed by atoms with Crippen molar-refractivity contribution in [3.05, 3.63) is 182 Å². The van der Waals surface area contributed by atoms with Crippen LogP contribution in [0.5, 0.6) is 0 Å². The second-order valence-corrected chi connectivity index (χ2v) is 12.7. The fourth-order valence-corrected chi connectivity index (χ4v) is 7.36. The zero-order valence-corrected chi connectivity index (χ0v) is 26.6. The summed E-state index contributed by atoms with van der Waals surface area (Å²) in [7, 11) is 0. The molecule has 0 amide bonds. The van der Waals surface area contributed by atoms with E-state index in [-0.39, 0.29) is 0 Å². The van der Waals surface area contributed by atoms with Crippen molar-refractivity contribution in [2.45, 2.75) is 12.8 Å². The van der Waals surface area contributed by atoms with E-state index in [2.05, 4.69) is 164 Å². The number of benzene rings is 7. The van der Waals surface area contributed by atoms with Gasteiger partial charge in [0.1, 0.15) is 0 Å². The van der Waals surface area contributed by atoms with Crippen molar-refractivity contribution in [2.24, 2.45) is 0 Å². The number of hydrogen-bond donors (Lipinski definition) is 0. The van der Waals surface area contributed by atoms with Crippen molar-refractivity contribution < 1.29 is 0 Å². The van der Waals surface area contributed by atoms with Gasteiger partial charge in [0, 0.05) is 17.1 Å². The average Bonchev–Trinajstić information content (AvgIpc) is 3.17. The molecule has 1 heteroatoms. The number of rotatable bonds is 5. The third-order valence-electron chi connectivity index (χ3n) is 9.71. The number of pyridine rings is 1. The summed E-state index contributed by atoms with van der Waals surface area (Å²) in [6.07, 6.45) is 10.7. The van der Waals surface area contributed by atoms with Crippen LogP contribution in [-0.4, -0.2) is 4.98 Å². The van der Waals surface area contributed by atoms with Gasteiger partial charge in [-0.1, -0.05) is 121 Å². The Balaban J connectivity index is 1.34. The summed E-state index contributed by atoms with van der Waals surface area (Å²) in [5.41, 5.74) is 13.3. The standard InChI is InChI=1S/C47H33N/c1-3-13-32(14-4-1)36-25-37(33-15-5-2-6-16-33)27-38(26-36)39-28-40(43-23-11-18-34-19-12-24-48-47(34)43)30-41(29-39)46-31-35-17-7-8-20-42(35)44-21-9-10-22-45(44)46/h1-5,7-15,17-31H,6,16H2. The molecular weight excluding hydrogens is 579 g/mol. The van der Waals surface area contributed by atoms with Gasteiger partial charge in [-0.25, -0.2) is 0 Å². The SMILES string of the molecule is C1=CCCC(c2cc(-c3ccccc3)cc(-c3cc(-c4cc5ccccc5c5ccccc45)cc(-c4cccc5cccnc45)c3)c2)=C1. The molecule has 0 saturated carbocycles. The first-order chi connectivity index (χ1) is 23.8. The minimum Gasteiger partial charge on any atom is -0.256 e. The second kappa shape index (κ2) is 12.0. The lowest BCUT2D eigenvalue weighted by molar-refractivity contribution is 1.05. The first kappa shape index (κ1) is 28.2. The third kappa shape index (κ3) is 5.11. The van der Waals surface area contributed by atoms with Crippen LogP contribution in [-0.2, 0) is 0 Å². The van der Waals surface area contributed by atoms with Crippen molar-refractivity contribution in [2.75, 3.05) is 0 Å². The van der Waals surface area contributed by atoms with Crippen LogP contribution in [0.3, 0.4) is 0 Å². The lowest BCUT2D eigenvalue weighted by atomic mass is 9.87. The summed E-state index contributed by atoms with van der Waals surface area (Å²) in [6.45, 7) is 0. The first-order valence-electron chi connectivity index (χ1n) is 16.8.